The quantitative estimate of drug-likeness (QED) is 0.636. The van der Waals surface area contributed by atoms with Gasteiger partial charge in [0.25, 0.3) is 12.0 Å². The average molecular weight is 364 g/mol. The van der Waals surface area contributed by atoms with E-state index in [1.54, 1.807) is 22.6 Å². The lowest BCUT2D eigenvalue weighted by Crippen LogP contribution is -2.14. The van der Waals surface area contributed by atoms with Gasteiger partial charge in [0.2, 0.25) is 0 Å². The van der Waals surface area contributed by atoms with E-state index in [0.29, 0.717) is 0 Å². The molecule has 0 saturated heterocycles. The molecule has 0 saturated carbocycles. The maximum atomic E-state index is 12.4. The van der Waals surface area contributed by atoms with Gasteiger partial charge < -0.3 is 4.98 Å². The number of hydrogen-bond acceptors (Lipinski definition) is 1. The largest absolute Gasteiger partial charge is 0.324 e. The highest BCUT2D eigenvalue weighted by atomic mass is 127. The Hall–Kier alpha value is 0.0200. The first-order valence-corrected chi connectivity index (χ1v) is 5.52. The van der Waals surface area contributed by atoms with Crippen molar-refractivity contribution in [1.82, 2.24) is 4.98 Å². The van der Waals surface area contributed by atoms with Crippen molar-refractivity contribution < 1.29 is 8.78 Å². The third-order valence-electron chi connectivity index (χ3n) is 1.48. The van der Waals surface area contributed by atoms with Gasteiger partial charge in [-0.1, -0.05) is 15.9 Å². The van der Waals surface area contributed by atoms with Crippen molar-refractivity contribution in [2.45, 2.75) is 11.8 Å². The zero-order valence-electron chi connectivity index (χ0n) is 6.28. The van der Waals surface area contributed by atoms with Gasteiger partial charge in [0.05, 0.1) is 3.57 Å². The predicted molar refractivity (Wildman–Crippen MR) is 57.4 cm³/mol. The molecule has 72 valence electrons. The lowest BCUT2D eigenvalue weighted by molar-refractivity contribution is 0.150. The van der Waals surface area contributed by atoms with Crippen molar-refractivity contribution in [2.75, 3.05) is 0 Å². The van der Waals surface area contributed by atoms with Gasteiger partial charge in [0.1, 0.15) is 0 Å². The molecule has 0 aliphatic rings. The summed E-state index contributed by atoms with van der Waals surface area (Å²) < 4.78 is 25.0. The van der Waals surface area contributed by atoms with Crippen LogP contribution in [-0.4, -0.2) is 4.98 Å². The number of rotatable bonds is 2. The molecule has 2 nitrogen and oxygen atoms in total. The maximum Gasteiger partial charge on any atom is 0.265 e. The van der Waals surface area contributed by atoms with Crippen molar-refractivity contribution in [3.63, 3.8) is 0 Å². The van der Waals surface area contributed by atoms with Crippen LogP contribution in [0.4, 0.5) is 8.78 Å². The summed E-state index contributed by atoms with van der Waals surface area (Å²) in [6.07, 6.45) is -2.56. The Morgan fingerprint density at radius 2 is 2.23 bits per heavy atom. The first kappa shape index (κ1) is 11.1. The Morgan fingerprint density at radius 1 is 1.62 bits per heavy atom. The van der Waals surface area contributed by atoms with E-state index in [1.807, 2.05) is 0 Å². The van der Waals surface area contributed by atoms with E-state index >= 15 is 0 Å². The standard InChI is InChI=1S/C7H5BrF2INO/c8-2-5-3(6(9)10)1-4(11)7(13)12-5/h1,6H,2H2,(H,12,13). The van der Waals surface area contributed by atoms with E-state index in [2.05, 4.69) is 20.9 Å². The smallest absolute Gasteiger partial charge is 0.265 e. The van der Waals surface area contributed by atoms with Gasteiger partial charge in [-0.05, 0) is 28.7 Å². The molecule has 0 bridgehead atoms. The fourth-order valence-corrected chi connectivity index (χ4v) is 1.80. The summed E-state index contributed by atoms with van der Waals surface area (Å²) >= 11 is 4.75. The summed E-state index contributed by atoms with van der Waals surface area (Å²) in [5.74, 6) is 0. The van der Waals surface area contributed by atoms with E-state index in [9.17, 15) is 13.6 Å². The minimum Gasteiger partial charge on any atom is -0.324 e. The summed E-state index contributed by atoms with van der Waals surface area (Å²) in [6.45, 7) is 0. The van der Waals surface area contributed by atoms with Gasteiger partial charge in [-0.3, -0.25) is 4.79 Å². The second-order valence-corrected chi connectivity index (χ2v) is 4.04. The minimum atomic E-state index is -2.56. The van der Waals surface area contributed by atoms with Crippen molar-refractivity contribution in [3.05, 3.63) is 31.2 Å². The van der Waals surface area contributed by atoms with Crippen molar-refractivity contribution in [2.24, 2.45) is 0 Å². The molecule has 1 aromatic rings. The van der Waals surface area contributed by atoms with Gasteiger partial charge in [-0.15, -0.1) is 0 Å². The number of pyridine rings is 1. The van der Waals surface area contributed by atoms with Gasteiger partial charge in [0.15, 0.2) is 0 Å². The van der Waals surface area contributed by atoms with Crippen LogP contribution in [0.5, 0.6) is 0 Å². The molecule has 0 aromatic carbocycles. The zero-order valence-corrected chi connectivity index (χ0v) is 10.0. The molecule has 0 aliphatic heterocycles. The summed E-state index contributed by atoms with van der Waals surface area (Å²) in [5.41, 5.74) is -0.222. The maximum absolute atomic E-state index is 12.4. The monoisotopic (exact) mass is 363 g/mol. The van der Waals surface area contributed by atoms with Gasteiger partial charge >= 0.3 is 0 Å². The molecular weight excluding hydrogens is 359 g/mol. The summed E-state index contributed by atoms with van der Waals surface area (Å²) in [6, 6.07) is 1.21. The molecule has 13 heavy (non-hydrogen) atoms. The molecule has 1 heterocycles. The van der Waals surface area contributed by atoms with Crippen LogP contribution in [0.1, 0.15) is 17.7 Å². The van der Waals surface area contributed by atoms with Crippen LogP contribution in [0.25, 0.3) is 0 Å². The molecule has 1 rings (SSSR count). The number of halogens is 4. The Balaban J connectivity index is 3.33. The van der Waals surface area contributed by atoms with Crippen LogP contribution in [-0.2, 0) is 5.33 Å². The van der Waals surface area contributed by atoms with Crippen LogP contribution >= 0.6 is 38.5 Å². The Kier molecular flexibility index (Phi) is 3.84. The van der Waals surface area contributed by atoms with Crippen LogP contribution in [0.3, 0.4) is 0 Å². The van der Waals surface area contributed by atoms with E-state index in [1.165, 1.54) is 6.07 Å². The van der Waals surface area contributed by atoms with E-state index in [4.69, 9.17) is 0 Å². The van der Waals surface area contributed by atoms with Gasteiger partial charge in [-0.2, -0.15) is 0 Å². The summed E-state index contributed by atoms with van der Waals surface area (Å²) in [7, 11) is 0. The molecule has 0 aliphatic carbocycles. The third kappa shape index (κ3) is 2.49. The number of alkyl halides is 3. The second-order valence-electron chi connectivity index (χ2n) is 2.31. The molecule has 0 spiro atoms. The summed E-state index contributed by atoms with van der Waals surface area (Å²) in [5, 5.41) is 0.221. The molecule has 0 amide bonds. The second kappa shape index (κ2) is 4.50. The Bertz CT molecular complexity index is 366. The number of hydrogen-bond donors (Lipinski definition) is 1. The number of aromatic amines is 1. The Morgan fingerprint density at radius 3 is 2.69 bits per heavy atom. The van der Waals surface area contributed by atoms with Crippen LogP contribution in [0.15, 0.2) is 10.9 Å². The topological polar surface area (TPSA) is 32.9 Å². The predicted octanol–water partition coefficient (Wildman–Crippen LogP) is 2.81. The summed E-state index contributed by atoms with van der Waals surface area (Å²) in [4.78, 5) is 13.4. The Labute approximate surface area is 95.0 Å². The van der Waals surface area contributed by atoms with Crippen LogP contribution < -0.4 is 5.56 Å². The molecule has 1 aromatic heterocycles. The first-order chi connectivity index (χ1) is 6.06. The average Bonchev–Trinajstić information content (AvgIpc) is 2.08. The molecule has 0 unspecified atom stereocenters. The van der Waals surface area contributed by atoms with Crippen LogP contribution in [0.2, 0.25) is 0 Å². The molecule has 0 atom stereocenters. The molecular formula is C7H5BrF2INO. The lowest BCUT2D eigenvalue weighted by atomic mass is 10.2. The van der Waals surface area contributed by atoms with Crippen molar-refractivity contribution in [1.29, 1.82) is 0 Å². The fraction of sp³-hybridized carbons (Fsp3) is 0.286. The molecule has 0 fully saturated rings. The van der Waals surface area contributed by atoms with E-state index in [0.717, 1.165) is 0 Å². The first-order valence-electron chi connectivity index (χ1n) is 3.32. The van der Waals surface area contributed by atoms with Gasteiger partial charge in [-0.25, -0.2) is 8.78 Å². The lowest BCUT2D eigenvalue weighted by Gasteiger charge is -2.05. The fourth-order valence-electron chi connectivity index (χ4n) is 0.863. The van der Waals surface area contributed by atoms with Crippen molar-refractivity contribution in [3.8, 4) is 0 Å². The van der Waals surface area contributed by atoms with Crippen molar-refractivity contribution >= 4 is 38.5 Å². The molecule has 0 radical (unpaired) electrons. The normalized spacial score (nSPS) is 10.8. The highest BCUT2D eigenvalue weighted by molar-refractivity contribution is 14.1. The third-order valence-corrected chi connectivity index (χ3v) is 2.84. The minimum absolute atomic E-state index is 0.124. The molecule has 6 heteroatoms. The number of nitrogens with one attached hydrogen (secondary N) is 1. The van der Waals surface area contributed by atoms with Gasteiger partial charge in [0, 0.05) is 16.6 Å². The molecule has 1 N–H and O–H groups in total. The number of H-pyrrole nitrogens is 1. The SMILES string of the molecule is O=c1[nH]c(CBr)c(C(F)F)cc1I. The number of aromatic nitrogens is 1. The van der Waals surface area contributed by atoms with E-state index in [-0.39, 0.29) is 25.7 Å². The highest BCUT2D eigenvalue weighted by Gasteiger charge is 2.14. The highest BCUT2D eigenvalue weighted by Crippen LogP contribution is 2.23. The van der Waals surface area contributed by atoms with Crippen LogP contribution in [0, 0.1) is 3.57 Å². The van der Waals surface area contributed by atoms with E-state index < -0.39 is 6.43 Å². The zero-order chi connectivity index (χ0) is 10.0.